The van der Waals surface area contributed by atoms with Crippen LogP contribution in [0.15, 0.2) is 48.5 Å². The van der Waals surface area contributed by atoms with E-state index in [2.05, 4.69) is 0 Å². The first-order valence-electron chi connectivity index (χ1n) is 6.95. The number of anilines is 2. The number of benzene rings is 2. The first kappa shape index (κ1) is 14.6. The van der Waals surface area contributed by atoms with Crippen molar-refractivity contribution in [2.75, 3.05) is 9.80 Å². The Morgan fingerprint density at radius 3 is 1.77 bits per heavy atom. The third-order valence-corrected chi connectivity index (χ3v) is 4.10. The summed E-state index contributed by atoms with van der Waals surface area (Å²) in [6.07, 6.45) is -0.555. The summed E-state index contributed by atoms with van der Waals surface area (Å²) in [5.74, 6) is -0.276. The van der Waals surface area contributed by atoms with Gasteiger partial charge in [0.15, 0.2) is 0 Å². The van der Waals surface area contributed by atoms with Gasteiger partial charge in [0, 0.05) is 24.4 Å². The molecule has 0 spiro atoms. The lowest BCUT2D eigenvalue weighted by molar-refractivity contribution is -0.118. The van der Waals surface area contributed by atoms with Crippen molar-refractivity contribution >= 4 is 34.8 Å². The second kappa shape index (κ2) is 5.46. The predicted octanol–water partition coefficient (Wildman–Crippen LogP) is 3.76. The monoisotopic (exact) mass is 314 g/mol. The summed E-state index contributed by atoms with van der Waals surface area (Å²) in [7, 11) is 0. The van der Waals surface area contributed by atoms with E-state index in [1.165, 1.54) is 13.8 Å². The number of halogens is 1. The number of carbonyl (C=O) groups is 2. The molecule has 1 aliphatic heterocycles. The molecule has 0 aromatic heterocycles. The minimum atomic E-state index is -0.555. The molecule has 112 valence electrons. The summed E-state index contributed by atoms with van der Waals surface area (Å²) < 4.78 is 0. The van der Waals surface area contributed by atoms with Gasteiger partial charge in [-0.3, -0.25) is 19.4 Å². The molecule has 0 radical (unpaired) electrons. The normalized spacial score (nSPS) is 14.1. The second-order valence-electron chi connectivity index (χ2n) is 5.16. The molecule has 0 fully saturated rings. The van der Waals surface area contributed by atoms with E-state index in [0.717, 1.165) is 16.9 Å². The Labute approximate surface area is 133 Å². The van der Waals surface area contributed by atoms with E-state index < -0.39 is 6.17 Å². The molecule has 0 atom stereocenters. The van der Waals surface area contributed by atoms with Gasteiger partial charge in [0.05, 0.1) is 11.4 Å². The number of amides is 2. The van der Waals surface area contributed by atoms with Crippen LogP contribution in [0, 0.1) is 0 Å². The maximum atomic E-state index is 12.2. The average Bonchev–Trinajstić information content (AvgIpc) is 2.82. The molecule has 0 saturated heterocycles. The van der Waals surface area contributed by atoms with E-state index >= 15 is 0 Å². The van der Waals surface area contributed by atoms with Crippen LogP contribution in [0.3, 0.4) is 0 Å². The molecule has 2 aromatic carbocycles. The van der Waals surface area contributed by atoms with Crippen molar-refractivity contribution in [2.45, 2.75) is 20.0 Å². The Balaban J connectivity index is 2.25. The van der Waals surface area contributed by atoms with Crippen molar-refractivity contribution in [1.29, 1.82) is 0 Å². The highest BCUT2D eigenvalue weighted by Crippen LogP contribution is 2.47. The Morgan fingerprint density at radius 2 is 1.32 bits per heavy atom. The van der Waals surface area contributed by atoms with E-state index in [1.807, 2.05) is 42.5 Å². The fourth-order valence-corrected chi connectivity index (χ4v) is 3.13. The minimum Gasteiger partial charge on any atom is -0.285 e. The number of fused-ring (bicyclic) bond motifs is 1. The van der Waals surface area contributed by atoms with Gasteiger partial charge in [-0.25, -0.2) is 0 Å². The molecule has 1 heterocycles. The van der Waals surface area contributed by atoms with Gasteiger partial charge in [-0.05, 0) is 18.2 Å². The van der Waals surface area contributed by atoms with Gasteiger partial charge < -0.3 is 0 Å². The van der Waals surface area contributed by atoms with Crippen LogP contribution in [0.25, 0.3) is 0 Å². The van der Waals surface area contributed by atoms with Crippen LogP contribution in [-0.2, 0) is 9.59 Å². The highest BCUT2D eigenvalue weighted by atomic mass is 35.5. The first-order valence-corrected chi connectivity index (χ1v) is 7.33. The van der Waals surface area contributed by atoms with E-state index in [0.29, 0.717) is 5.02 Å². The van der Waals surface area contributed by atoms with Crippen LogP contribution in [0.2, 0.25) is 5.02 Å². The van der Waals surface area contributed by atoms with Gasteiger partial charge in [0.25, 0.3) is 0 Å². The molecule has 0 unspecified atom stereocenters. The van der Waals surface area contributed by atoms with Crippen molar-refractivity contribution in [3.63, 3.8) is 0 Å². The van der Waals surface area contributed by atoms with Crippen molar-refractivity contribution < 1.29 is 9.59 Å². The molecule has 4 nitrogen and oxygen atoms in total. The zero-order chi connectivity index (χ0) is 15.9. The molecule has 0 bridgehead atoms. The molecular formula is C17H15ClN2O2. The molecular weight excluding hydrogens is 300 g/mol. The lowest BCUT2D eigenvalue weighted by Crippen LogP contribution is -2.40. The van der Waals surface area contributed by atoms with E-state index in [9.17, 15) is 9.59 Å². The van der Waals surface area contributed by atoms with Crippen molar-refractivity contribution in [1.82, 2.24) is 0 Å². The van der Waals surface area contributed by atoms with Gasteiger partial charge in [0.2, 0.25) is 11.8 Å². The standard InChI is InChI=1S/C17H15ClN2O2/c1-11(21)19-15-9-5-6-10-16(15)20(12(2)22)17(19)13-7-3-4-8-14(13)18/h3-10,17H,1-2H3. The average molecular weight is 315 g/mol. The number of hydrogen-bond acceptors (Lipinski definition) is 2. The number of rotatable bonds is 1. The summed E-state index contributed by atoms with van der Waals surface area (Å²) in [5, 5.41) is 0.526. The van der Waals surface area contributed by atoms with E-state index in [-0.39, 0.29) is 11.8 Å². The maximum Gasteiger partial charge on any atom is 0.225 e. The summed E-state index contributed by atoms with van der Waals surface area (Å²) >= 11 is 6.31. The SMILES string of the molecule is CC(=O)N1c2ccccc2N(C(C)=O)C1c1ccccc1Cl. The number of hydrogen-bond donors (Lipinski definition) is 0. The summed E-state index contributed by atoms with van der Waals surface area (Å²) in [4.78, 5) is 27.7. The van der Waals surface area contributed by atoms with Crippen molar-refractivity contribution in [2.24, 2.45) is 0 Å². The van der Waals surface area contributed by atoms with Crippen LogP contribution >= 0.6 is 11.6 Å². The van der Waals surface area contributed by atoms with Crippen LogP contribution in [-0.4, -0.2) is 11.8 Å². The highest BCUT2D eigenvalue weighted by Gasteiger charge is 2.41. The number of carbonyl (C=O) groups excluding carboxylic acids is 2. The largest absolute Gasteiger partial charge is 0.285 e. The Kier molecular flexibility index (Phi) is 3.62. The lowest BCUT2D eigenvalue weighted by Gasteiger charge is -2.30. The number of para-hydroxylation sites is 2. The quantitative estimate of drug-likeness (QED) is 0.804. The smallest absolute Gasteiger partial charge is 0.225 e. The zero-order valence-electron chi connectivity index (χ0n) is 12.3. The first-order chi connectivity index (χ1) is 10.5. The van der Waals surface area contributed by atoms with Crippen molar-refractivity contribution in [3.8, 4) is 0 Å². The van der Waals surface area contributed by atoms with Crippen LogP contribution in [0.5, 0.6) is 0 Å². The Hall–Kier alpha value is -2.33. The molecule has 22 heavy (non-hydrogen) atoms. The van der Waals surface area contributed by atoms with Gasteiger partial charge in [-0.1, -0.05) is 41.9 Å². The van der Waals surface area contributed by atoms with E-state index in [4.69, 9.17) is 11.6 Å². The third-order valence-electron chi connectivity index (χ3n) is 3.75. The lowest BCUT2D eigenvalue weighted by atomic mass is 10.1. The van der Waals surface area contributed by atoms with Gasteiger partial charge >= 0.3 is 0 Å². The Bertz CT molecular complexity index is 719. The highest BCUT2D eigenvalue weighted by molar-refractivity contribution is 6.31. The predicted molar refractivity (Wildman–Crippen MR) is 87.0 cm³/mol. The molecule has 0 N–H and O–H groups in total. The molecule has 3 rings (SSSR count). The molecule has 2 aromatic rings. The second-order valence-corrected chi connectivity index (χ2v) is 5.57. The van der Waals surface area contributed by atoms with Crippen molar-refractivity contribution in [3.05, 3.63) is 59.1 Å². The minimum absolute atomic E-state index is 0.138. The summed E-state index contributed by atoms with van der Waals surface area (Å²) in [5.41, 5.74) is 2.16. The van der Waals surface area contributed by atoms with Crippen LogP contribution in [0.4, 0.5) is 11.4 Å². The van der Waals surface area contributed by atoms with E-state index in [1.54, 1.807) is 15.9 Å². The number of nitrogens with zero attached hydrogens (tertiary/aromatic N) is 2. The zero-order valence-corrected chi connectivity index (χ0v) is 13.0. The maximum absolute atomic E-state index is 12.2. The third kappa shape index (κ3) is 2.16. The van der Waals surface area contributed by atoms with Crippen LogP contribution < -0.4 is 9.80 Å². The van der Waals surface area contributed by atoms with Gasteiger partial charge in [-0.2, -0.15) is 0 Å². The van der Waals surface area contributed by atoms with Gasteiger partial charge in [-0.15, -0.1) is 0 Å². The molecule has 2 amide bonds. The summed E-state index contributed by atoms with van der Waals surface area (Å²) in [6.45, 7) is 2.98. The van der Waals surface area contributed by atoms with Crippen LogP contribution in [0.1, 0.15) is 25.6 Å². The molecule has 5 heteroatoms. The fraction of sp³-hybridized carbons (Fsp3) is 0.176. The molecule has 0 saturated carbocycles. The topological polar surface area (TPSA) is 40.6 Å². The molecule has 0 aliphatic carbocycles. The summed E-state index contributed by atoms with van der Waals surface area (Å²) in [6, 6.07) is 14.6. The Morgan fingerprint density at radius 1 is 0.864 bits per heavy atom. The fourth-order valence-electron chi connectivity index (χ4n) is 2.90. The molecule has 1 aliphatic rings. The van der Waals surface area contributed by atoms with Gasteiger partial charge in [0.1, 0.15) is 6.17 Å².